The van der Waals surface area contributed by atoms with Gasteiger partial charge in [0, 0.05) is 0 Å². The molecule has 0 aliphatic rings. The van der Waals surface area contributed by atoms with Crippen LogP contribution < -0.4 is 0 Å². The maximum atomic E-state index is 11.9. The second-order valence-electron chi connectivity index (χ2n) is 6.88. The molecule has 0 spiro atoms. The summed E-state index contributed by atoms with van der Waals surface area (Å²) in [7, 11) is -4.46. The van der Waals surface area contributed by atoms with Gasteiger partial charge in [0.2, 0.25) is 0 Å². The Balaban J connectivity index is 1.93. The zero-order valence-corrected chi connectivity index (χ0v) is 16.2. The van der Waals surface area contributed by atoms with Gasteiger partial charge in [-0.3, -0.25) is 4.55 Å². The SMILES string of the molecule is CCCCCCCCCCC(O)C(n1cnc2ccccc21)S(=O)(=O)O. The second-order valence-corrected chi connectivity index (χ2v) is 8.39. The number of aliphatic hydroxyl groups excluding tert-OH is 1. The molecule has 1 aromatic heterocycles. The van der Waals surface area contributed by atoms with Gasteiger partial charge in [0.1, 0.15) is 0 Å². The molecule has 26 heavy (non-hydrogen) atoms. The largest absolute Gasteiger partial charge is 0.390 e. The van der Waals surface area contributed by atoms with Crippen molar-refractivity contribution in [3.63, 3.8) is 0 Å². The maximum Gasteiger partial charge on any atom is 0.289 e. The van der Waals surface area contributed by atoms with E-state index in [1.807, 2.05) is 0 Å². The van der Waals surface area contributed by atoms with Gasteiger partial charge in [0.25, 0.3) is 10.1 Å². The van der Waals surface area contributed by atoms with Crippen molar-refractivity contribution in [2.75, 3.05) is 0 Å². The molecule has 1 heterocycles. The van der Waals surface area contributed by atoms with Gasteiger partial charge >= 0.3 is 0 Å². The Labute approximate surface area is 156 Å². The summed E-state index contributed by atoms with van der Waals surface area (Å²) < 4.78 is 34.8. The predicted octanol–water partition coefficient (Wildman–Crippen LogP) is 4.31. The minimum atomic E-state index is -4.46. The number of aliphatic hydroxyl groups is 1. The molecule has 2 unspecified atom stereocenters. The zero-order valence-electron chi connectivity index (χ0n) is 15.4. The third-order valence-electron chi connectivity index (χ3n) is 4.74. The first kappa shape index (κ1) is 20.9. The third kappa shape index (κ3) is 5.79. The number of nitrogens with zero attached hydrogens (tertiary/aromatic N) is 2. The number of hydrogen-bond acceptors (Lipinski definition) is 4. The van der Waals surface area contributed by atoms with Crippen molar-refractivity contribution in [1.82, 2.24) is 9.55 Å². The molecule has 2 aromatic rings. The molecule has 2 atom stereocenters. The topological polar surface area (TPSA) is 92.4 Å². The fourth-order valence-corrected chi connectivity index (χ4v) is 4.33. The van der Waals surface area contributed by atoms with Gasteiger partial charge in [-0.2, -0.15) is 8.42 Å². The molecule has 1 aromatic carbocycles. The molecule has 2 rings (SSSR count). The number of hydrogen-bond donors (Lipinski definition) is 2. The average molecular weight is 383 g/mol. The molecule has 0 aliphatic heterocycles. The Morgan fingerprint density at radius 2 is 1.65 bits per heavy atom. The van der Waals surface area contributed by atoms with Crippen LogP contribution in [0.1, 0.15) is 70.1 Å². The second kappa shape index (κ2) is 10.0. The van der Waals surface area contributed by atoms with Crippen LogP contribution in [0.2, 0.25) is 0 Å². The van der Waals surface area contributed by atoms with Crippen LogP contribution in [0.25, 0.3) is 11.0 Å². The van der Waals surface area contributed by atoms with E-state index < -0.39 is 21.6 Å². The Kier molecular flexibility index (Phi) is 8.06. The quantitative estimate of drug-likeness (QED) is 0.421. The van der Waals surface area contributed by atoms with Gasteiger partial charge in [0.05, 0.1) is 23.5 Å². The Morgan fingerprint density at radius 1 is 1.04 bits per heavy atom. The molecule has 0 radical (unpaired) electrons. The number of para-hydroxylation sites is 2. The summed E-state index contributed by atoms with van der Waals surface area (Å²) in [4.78, 5) is 4.16. The van der Waals surface area contributed by atoms with E-state index in [9.17, 15) is 18.1 Å². The summed E-state index contributed by atoms with van der Waals surface area (Å²) in [5, 5.41) is 9.03. The normalized spacial score (nSPS) is 14.6. The van der Waals surface area contributed by atoms with Crippen LogP contribution in [0.4, 0.5) is 0 Å². The average Bonchev–Trinajstić information content (AvgIpc) is 3.00. The molecule has 146 valence electrons. The fraction of sp³-hybridized carbons (Fsp3) is 0.632. The van der Waals surface area contributed by atoms with Crippen molar-refractivity contribution >= 4 is 21.2 Å². The first-order valence-electron chi connectivity index (χ1n) is 9.51. The summed E-state index contributed by atoms with van der Waals surface area (Å²) in [6.07, 6.45) is 9.43. The standard InChI is InChI=1S/C19H30N2O4S/c1-2-3-4-5-6-7-8-9-14-18(22)19(26(23,24)25)21-15-20-16-12-10-11-13-17(16)21/h10-13,15,18-19,22H,2-9,14H2,1H3,(H,23,24,25). The molecule has 0 aliphatic carbocycles. The highest BCUT2D eigenvalue weighted by Gasteiger charge is 2.33. The van der Waals surface area contributed by atoms with Crippen molar-refractivity contribution in [1.29, 1.82) is 0 Å². The molecule has 0 amide bonds. The van der Waals surface area contributed by atoms with Crippen molar-refractivity contribution < 1.29 is 18.1 Å². The highest BCUT2D eigenvalue weighted by Crippen LogP contribution is 2.27. The maximum absolute atomic E-state index is 11.9. The highest BCUT2D eigenvalue weighted by molar-refractivity contribution is 7.85. The Morgan fingerprint density at radius 3 is 2.31 bits per heavy atom. The van der Waals surface area contributed by atoms with Crippen molar-refractivity contribution in [2.45, 2.75) is 76.2 Å². The first-order valence-corrected chi connectivity index (χ1v) is 11.0. The monoisotopic (exact) mass is 382 g/mol. The van der Waals surface area contributed by atoms with Crippen LogP contribution in [0.15, 0.2) is 30.6 Å². The van der Waals surface area contributed by atoms with Gasteiger partial charge in [-0.05, 0) is 18.6 Å². The summed E-state index contributed by atoms with van der Waals surface area (Å²) in [5.74, 6) is 0. The fourth-order valence-electron chi connectivity index (χ4n) is 3.34. The molecule has 0 saturated carbocycles. The number of imidazole rings is 1. The molecule has 0 saturated heterocycles. The summed E-state index contributed by atoms with van der Waals surface area (Å²) in [6, 6.07) is 7.06. The van der Waals surface area contributed by atoms with E-state index in [-0.39, 0.29) is 0 Å². The van der Waals surface area contributed by atoms with E-state index >= 15 is 0 Å². The number of fused-ring (bicyclic) bond motifs is 1. The highest BCUT2D eigenvalue weighted by atomic mass is 32.2. The van der Waals surface area contributed by atoms with Gasteiger partial charge in [-0.15, -0.1) is 0 Å². The van der Waals surface area contributed by atoms with Crippen LogP contribution in [0.5, 0.6) is 0 Å². The molecule has 0 fully saturated rings. The molecule has 6 nitrogen and oxygen atoms in total. The van der Waals surface area contributed by atoms with Gasteiger partial charge in [0.15, 0.2) is 5.37 Å². The number of benzene rings is 1. The molecule has 7 heteroatoms. The number of rotatable bonds is 12. The third-order valence-corrected chi connectivity index (χ3v) is 5.89. The van der Waals surface area contributed by atoms with Crippen LogP contribution in [-0.2, 0) is 10.1 Å². The lowest BCUT2D eigenvalue weighted by molar-refractivity contribution is 0.130. The van der Waals surface area contributed by atoms with E-state index in [0.29, 0.717) is 17.5 Å². The van der Waals surface area contributed by atoms with E-state index in [2.05, 4.69) is 11.9 Å². The first-order chi connectivity index (χ1) is 12.4. The van der Waals surface area contributed by atoms with Gasteiger partial charge < -0.3 is 9.67 Å². The van der Waals surface area contributed by atoms with Crippen LogP contribution >= 0.6 is 0 Å². The summed E-state index contributed by atoms with van der Waals surface area (Å²) in [5.41, 5.74) is 1.20. The van der Waals surface area contributed by atoms with Gasteiger partial charge in [-0.1, -0.05) is 70.4 Å². The number of aromatic nitrogens is 2. The van der Waals surface area contributed by atoms with Crippen LogP contribution in [-0.4, -0.2) is 33.7 Å². The Hall–Kier alpha value is -1.44. The van der Waals surface area contributed by atoms with Gasteiger partial charge in [-0.25, -0.2) is 4.98 Å². The van der Waals surface area contributed by atoms with Crippen molar-refractivity contribution in [2.24, 2.45) is 0 Å². The molecular formula is C19H30N2O4S. The lowest BCUT2D eigenvalue weighted by Crippen LogP contribution is -2.30. The summed E-state index contributed by atoms with van der Waals surface area (Å²) in [6.45, 7) is 2.19. The molecule has 2 N–H and O–H groups in total. The van der Waals surface area contributed by atoms with Crippen LogP contribution in [0.3, 0.4) is 0 Å². The lowest BCUT2D eigenvalue weighted by Gasteiger charge is -2.22. The number of unbranched alkanes of at least 4 members (excludes halogenated alkanes) is 7. The molecule has 0 bridgehead atoms. The van der Waals surface area contributed by atoms with Crippen molar-refractivity contribution in [3.05, 3.63) is 30.6 Å². The van der Waals surface area contributed by atoms with E-state index in [1.165, 1.54) is 43.0 Å². The van der Waals surface area contributed by atoms with E-state index in [1.54, 1.807) is 24.3 Å². The predicted molar refractivity (Wildman–Crippen MR) is 104 cm³/mol. The summed E-state index contributed by atoms with van der Waals surface area (Å²) >= 11 is 0. The van der Waals surface area contributed by atoms with Crippen molar-refractivity contribution in [3.8, 4) is 0 Å². The lowest BCUT2D eigenvalue weighted by atomic mass is 10.1. The molecular weight excluding hydrogens is 352 g/mol. The zero-order chi connectivity index (χ0) is 19.0. The van der Waals surface area contributed by atoms with E-state index in [0.717, 1.165) is 19.3 Å². The minimum Gasteiger partial charge on any atom is -0.390 e. The minimum absolute atomic E-state index is 0.325. The van der Waals surface area contributed by atoms with E-state index in [4.69, 9.17) is 0 Å². The smallest absolute Gasteiger partial charge is 0.289 e. The van der Waals surface area contributed by atoms with Crippen LogP contribution in [0, 0.1) is 0 Å². The Bertz CT molecular complexity index is 773.